The van der Waals surface area contributed by atoms with Crippen LogP contribution in [-0.2, 0) is 19.1 Å². The van der Waals surface area contributed by atoms with Crippen LogP contribution in [0, 0.1) is 39.9 Å². The van der Waals surface area contributed by atoms with E-state index in [1.165, 1.54) is 13.8 Å². The number of carbonyl (C=O) groups is 3. The van der Waals surface area contributed by atoms with Crippen LogP contribution in [0.2, 0.25) is 0 Å². The first-order valence-corrected chi connectivity index (χ1v) is 8.74. The normalized spacial score (nSPS) is 11.8. The van der Waals surface area contributed by atoms with E-state index in [0.717, 1.165) is 20.8 Å². The summed E-state index contributed by atoms with van der Waals surface area (Å²) in [7, 11) is 0. The number of hydrogen-bond acceptors (Lipinski definition) is 7. The number of ether oxygens (including phenoxy) is 2. The van der Waals surface area contributed by atoms with Gasteiger partial charge in [0.2, 0.25) is 11.6 Å². The van der Waals surface area contributed by atoms with Crippen molar-refractivity contribution in [2.45, 2.75) is 34.6 Å². The molecular formula is C19H20F3NO7. The molecule has 8 nitrogen and oxygen atoms in total. The zero-order valence-corrected chi connectivity index (χ0v) is 16.9. The van der Waals surface area contributed by atoms with Crippen molar-refractivity contribution < 1.29 is 42.0 Å². The number of esters is 1. The molecule has 0 aromatic heterocycles. The van der Waals surface area contributed by atoms with E-state index < -0.39 is 67.7 Å². The van der Waals surface area contributed by atoms with Crippen molar-refractivity contribution in [1.29, 1.82) is 0 Å². The van der Waals surface area contributed by atoms with Crippen LogP contribution in [0.5, 0.6) is 0 Å². The van der Waals surface area contributed by atoms with Gasteiger partial charge in [0.1, 0.15) is 16.6 Å². The maximum Gasteiger partial charge on any atom is 0.319 e. The van der Waals surface area contributed by atoms with Crippen molar-refractivity contribution in [1.82, 2.24) is 0 Å². The third-order valence-electron chi connectivity index (χ3n) is 4.14. The zero-order chi connectivity index (χ0) is 23.4. The molecule has 0 heterocycles. The molecule has 0 aliphatic heterocycles. The molecule has 0 N–H and O–H groups in total. The van der Waals surface area contributed by atoms with Crippen molar-refractivity contribution >= 4 is 23.2 Å². The highest BCUT2D eigenvalue weighted by atomic mass is 19.2. The lowest BCUT2D eigenvalue weighted by atomic mass is 9.81. The fourth-order valence-electron chi connectivity index (χ4n) is 2.39. The monoisotopic (exact) mass is 431 g/mol. The van der Waals surface area contributed by atoms with Gasteiger partial charge in [-0.3, -0.25) is 24.5 Å². The van der Waals surface area contributed by atoms with Gasteiger partial charge in [-0.2, -0.15) is 4.39 Å². The second kappa shape index (κ2) is 9.51. The van der Waals surface area contributed by atoms with Crippen LogP contribution < -0.4 is 0 Å². The minimum Gasteiger partial charge on any atom is -0.501 e. The summed E-state index contributed by atoms with van der Waals surface area (Å²) in [6.07, 6.45) is 0.560. The lowest BCUT2D eigenvalue weighted by Crippen LogP contribution is -2.38. The van der Waals surface area contributed by atoms with E-state index in [-0.39, 0.29) is 13.2 Å². The van der Waals surface area contributed by atoms with E-state index in [2.05, 4.69) is 0 Å². The molecule has 0 spiro atoms. The number of ketones is 2. The number of nitro groups is 1. The highest BCUT2D eigenvalue weighted by molar-refractivity contribution is 6.31. The van der Waals surface area contributed by atoms with E-state index in [1.54, 1.807) is 0 Å². The standard InChI is InChI=1S/C19H20F3NO7/c1-6-29-8-10(17(25)19(4,5)18(26)30-7-2)16(24)11-14(22)12(20)9(3)13(21)15(11)23(27)28/h8H,6-7H2,1-5H3. The molecule has 0 aliphatic carbocycles. The van der Waals surface area contributed by atoms with Crippen molar-refractivity contribution in [3.63, 3.8) is 0 Å². The number of hydrogen-bond donors (Lipinski definition) is 0. The number of nitro benzene ring substituents is 1. The summed E-state index contributed by atoms with van der Waals surface area (Å²) in [6.45, 7) is 5.71. The number of halogens is 3. The fourth-order valence-corrected chi connectivity index (χ4v) is 2.39. The molecule has 0 amide bonds. The quantitative estimate of drug-likeness (QED) is 0.0676. The van der Waals surface area contributed by atoms with E-state index in [0.29, 0.717) is 6.26 Å². The predicted octanol–water partition coefficient (Wildman–Crippen LogP) is 3.58. The molecule has 0 aliphatic rings. The Morgan fingerprint density at radius 1 is 1.07 bits per heavy atom. The van der Waals surface area contributed by atoms with Gasteiger partial charge in [-0.15, -0.1) is 0 Å². The van der Waals surface area contributed by atoms with Crippen LogP contribution in [-0.4, -0.2) is 35.7 Å². The molecule has 30 heavy (non-hydrogen) atoms. The Bertz CT molecular complexity index is 939. The van der Waals surface area contributed by atoms with Crippen LogP contribution in [0.1, 0.15) is 43.6 Å². The predicted molar refractivity (Wildman–Crippen MR) is 97.2 cm³/mol. The van der Waals surface area contributed by atoms with E-state index >= 15 is 0 Å². The molecular weight excluding hydrogens is 411 g/mol. The molecule has 164 valence electrons. The molecule has 0 saturated heterocycles. The van der Waals surface area contributed by atoms with Crippen molar-refractivity contribution in [3.05, 3.63) is 50.5 Å². The smallest absolute Gasteiger partial charge is 0.319 e. The van der Waals surface area contributed by atoms with E-state index in [1.807, 2.05) is 0 Å². The average Bonchev–Trinajstić information content (AvgIpc) is 2.68. The van der Waals surface area contributed by atoms with Gasteiger partial charge in [0.05, 0.1) is 24.4 Å². The Balaban J connectivity index is 3.77. The molecule has 1 aromatic rings. The van der Waals surface area contributed by atoms with Crippen LogP contribution in [0.4, 0.5) is 18.9 Å². The average molecular weight is 431 g/mol. The van der Waals surface area contributed by atoms with E-state index in [9.17, 15) is 37.7 Å². The number of nitrogens with zero attached hydrogens (tertiary/aromatic N) is 1. The molecule has 0 saturated carbocycles. The van der Waals surface area contributed by atoms with Crippen molar-refractivity contribution in [2.24, 2.45) is 5.41 Å². The summed E-state index contributed by atoms with van der Waals surface area (Å²) in [5, 5.41) is 11.3. The number of Topliss-reactive ketones (excluding diaryl/α,β-unsaturated/α-hetero) is 2. The van der Waals surface area contributed by atoms with Gasteiger partial charge < -0.3 is 9.47 Å². The van der Waals surface area contributed by atoms with Gasteiger partial charge in [0.25, 0.3) is 0 Å². The molecule has 0 unspecified atom stereocenters. The molecule has 11 heteroatoms. The molecule has 0 radical (unpaired) electrons. The lowest BCUT2D eigenvalue weighted by molar-refractivity contribution is -0.388. The van der Waals surface area contributed by atoms with Gasteiger partial charge in [-0.1, -0.05) is 0 Å². The first-order chi connectivity index (χ1) is 13.8. The van der Waals surface area contributed by atoms with Crippen molar-refractivity contribution in [2.75, 3.05) is 13.2 Å². The second-order valence-corrected chi connectivity index (χ2v) is 6.54. The summed E-state index contributed by atoms with van der Waals surface area (Å²) in [5.74, 6) is -9.59. The summed E-state index contributed by atoms with van der Waals surface area (Å²) >= 11 is 0. The summed E-state index contributed by atoms with van der Waals surface area (Å²) in [5.41, 5.74) is -7.24. The molecule has 0 fully saturated rings. The Morgan fingerprint density at radius 3 is 2.10 bits per heavy atom. The topological polar surface area (TPSA) is 113 Å². The number of carbonyl (C=O) groups excluding carboxylic acids is 3. The van der Waals surface area contributed by atoms with Crippen LogP contribution in [0.15, 0.2) is 11.8 Å². The maximum atomic E-state index is 14.5. The Hall–Kier alpha value is -3.24. The van der Waals surface area contributed by atoms with Crippen LogP contribution >= 0.6 is 0 Å². The third-order valence-corrected chi connectivity index (χ3v) is 4.14. The fraction of sp³-hybridized carbons (Fsp3) is 0.421. The van der Waals surface area contributed by atoms with Gasteiger partial charge >= 0.3 is 11.7 Å². The summed E-state index contributed by atoms with van der Waals surface area (Å²) in [6, 6.07) is 0. The number of rotatable bonds is 9. The van der Waals surface area contributed by atoms with Crippen LogP contribution in [0.25, 0.3) is 0 Å². The minimum absolute atomic E-state index is 0.0783. The third kappa shape index (κ3) is 4.50. The second-order valence-electron chi connectivity index (χ2n) is 6.54. The lowest BCUT2D eigenvalue weighted by Gasteiger charge is -2.22. The Labute approximate surface area is 169 Å². The largest absolute Gasteiger partial charge is 0.501 e. The zero-order valence-electron chi connectivity index (χ0n) is 16.9. The molecule has 1 rings (SSSR count). The van der Waals surface area contributed by atoms with Gasteiger partial charge in [-0.05, 0) is 34.6 Å². The Kier molecular flexibility index (Phi) is 7.86. The SMILES string of the molecule is CCOC=C(C(=O)c1c(F)c(F)c(C)c(F)c1[N+](=O)[O-])C(=O)C(C)(C)C(=O)OCC. The number of benzene rings is 1. The summed E-state index contributed by atoms with van der Waals surface area (Å²) < 4.78 is 52.5. The van der Waals surface area contributed by atoms with Gasteiger partial charge in [0, 0.05) is 5.56 Å². The first-order valence-electron chi connectivity index (χ1n) is 8.74. The van der Waals surface area contributed by atoms with Crippen LogP contribution in [0.3, 0.4) is 0 Å². The van der Waals surface area contributed by atoms with Crippen molar-refractivity contribution in [3.8, 4) is 0 Å². The number of allylic oxidation sites excluding steroid dienone is 1. The first kappa shape index (κ1) is 24.8. The molecule has 1 aromatic carbocycles. The summed E-state index contributed by atoms with van der Waals surface area (Å²) in [4.78, 5) is 47.7. The van der Waals surface area contributed by atoms with E-state index in [4.69, 9.17) is 9.47 Å². The van der Waals surface area contributed by atoms with Gasteiger partial charge in [-0.25, -0.2) is 8.78 Å². The minimum atomic E-state index is -2.00. The molecule has 0 atom stereocenters. The highest BCUT2D eigenvalue weighted by Gasteiger charge is 2.44. The molecule has 0 bridgehead atoms. The highest BCUT2D eigenvalue weighted by Crippen LogP contribution is 2.34. The maximum absolute atomic E-state index is 14.5. The van der Waals surface area contributed by atoms with Gasteiger partial charge in [0.15, 0.2) is 17.4 Å². The Morgan fingerprint density at radius 2 is 1.63 bits per heavy atom.